The normalized spacial score (nSPS) is 11.6. The monoisotopic (exact) mass is 715 g/mol. The Labute approximate surface area is 323 Å². The summed E-state index contributed by atoms with van der Waals surface area (Å²) in [6.07, 6.45) is 0. The van der Waals surface area contributed by atoms with Crippen LogP contribution in [-0.2, 0) is 0 Å². The fourth-order valence-electron chi connectivity index (χ4n) is 8.27. The first-order chi connectivity index (χ1) is 27.8. The standard InChI is InChI=1S/C51H33N5/c1-5-17-34(18-6-1)42-33-45-47(41-26-14-15-27-43(41)55(45)38-23-11-4-12-24-38)48-46(42)40-25-13-16-28-44(40)56(48)39-31-29-37(30-32-39)51-53-49(35-19-7-2-8-20-35)52-50(54-51)36-21-9-3-10-22-36/h1-33H. The van der Waals surface area contributed by atoms with Gasteiger partial charge < -0.3 is 9.13 Å². The fourth-order valence-corrected chi connectivity index (χ4v) is 8.27. The molecule has 0 aliphatic carbocycles. The number of aromatic nitrogens is 5. The SMILES string of the molecule is c1ccc(-c2nc(-c3ccccc3)nc(-c3ccc(-n4c5ccccc5c5c(-c6ccccc6)cc6c(c7ccccc7n6-c6ccccc6)c54)cc3)n2)cc1. The maximum Gasteiger partial charge on any atom is 0.164 e. The van der Waals surface area contributed by atoms with E-state index in [0.717, 1.165) is 39.1 Å². The minimum Gasteiger partial charge on any atom is -0.309 e. The molecule has 0 unspecified atom stereocenters. The van der Waals surface area contributed by atoms with Crippen molar-refractivity contribution < 1.29 is 0 Å². The summed E-state index contributed by atoms with van der Waals surface area (Å²) < 4.78 is 4.86. The second kappa shape index (κ2) is 13.0. The van der Waals surface area contributed by atoms with E-state index in [1.54, 1.807) is 0 Å². The molecule has 5 nitrogen and oxygen atoms in total. The van der Waals surface area contributed by atoms with Crippen molar-refractivity contribution in [2.75, 3.05) is 0 Å². The van der Waals surface area contributed by atoms with Crippen LogP contribution in [0.25, 0.3) is 100 Å². The summed E-state index contributed by atoms with van der Waals surface area (Å²) in [6.45, 7) is 0. The molecule has 56 heavy (non-hydrogen) atoms. The van der Waals surface area contributed by atoms with Crippen molar-refractivity contribution in [3.8, 4) is 56.7 Å². The third kappa shape index (κ3) is 5.13. The molecule has 0 fully saturated rings. The van der Waals surface area contributed by atoms with Crippen molar-refractivity contribution in [2.45, 2.75) is 0 Å². The molecule has 3 heterocycles. The molecule has 8 aromatic carbocycles. The van der Waals surface area contributed by atoms with Crippen molar-refractivity contribution in [3.05, 3.63) is 200 Å². The highest BCUT2D eigenvalue weighted by Crippen LogP contribution is 2.46. The van der Waals surface area contributed by atoms with E-state index in [1.807, 2.05) is 60.7 Å². The Morgan fingerprint density at radius 3 is 1.27 bits per heavy atom. The van der Waals surface area contributed by atoms with Crippen LogP contribution in [-0.4, -0.2) is 24.1 Å². The topological polar surface area (TPSA) is 48.5 Å². The molecule has 0 radical (unpaired) electrons. The largest absolute Gasteiger partial charge is 0.309 e. The second-order valence-electron chi connectivity index (χ2n) is 14.0. The van der Waals surface area contributed by atoms with Gasteiger partial charge in [0.2, 0.25) is 0 Å². The van der Waals surface area contributed by atoms with E-state index < -0.39 is 0 Å². The van der Waals surface area contributed by atoms with Crippen LogP contribution >= 0.6 is 0 Å². The van der Waals surface area contributed by atoms with Crippen LogP contribution in [0.3, 0.4) is 0 Å². The molecule has 0 aliphatic heterocycles. The van der Waals surface area contributed by atoms with Crippen LogP contribution in [0.4, 0.5) is 0 Å². The molecule has 11 rings (SSSR count). The number of rotatable bonds is 6. The summed E-state index contributed by atoms with van der Waals surface area (Å²) in [7, 11) is 0. The zero-order valence-corrected chi connectivity index (χ0v) is 30.3. The average Bonchev–Trinajstić information content (AvgIpc) is 3.80. The highest BCUT2D eigenvalue weighted by atomic mass is 15.0. The molecule has 0 amide bonds. The first-order valence-electron chi connectivity index (χ1n) is 18.9. The van der Waals surface area contributed by atoms with Crippen LogP contribution in [0.2, 0.25) is 0 Å². The summed E-state index contributed by atoms with van der Waals surface area (Å²) in [5.41, 5.74) is 12.0. The zero-order valence-electron chi connectivity index (χ0n) is 30.3. The lowest BCUT2D eigenvalue weighted by atomic mass is 9.96. The van der Waals surface area contributed by atoms with Gasteiger partial charge in [-0.2, -0.15) is 0 Å². The van der Waals surface area contributed by atoms with E-state index in [0.29, 0.717) is 17.5 Å². The molecule has 0 bridgehead atoms. The van der Waals surface area contributed by atoms with Gasteiger partial charge in [0.25, 0.3) is 0 Å². The molecule has 11 aromatic rings. The summed E-state index contributed by atoms with van der Waals surface area (Å²) in [4.78, 5) is 14.9. The first kappa shape index (κ1) is 31.9. The quantitative estimate of drug-likeness (QED) is 0.172. The number of hydrogen-bond donors (Lipinski definition) is 0. The summed E-state index contributed by atoms with van der Waals surface area (Å²) in [5.74, 6) is 1.92. The Morgan fingerprint density at radius 2 is 0.714 bits per heavy atom. The van der Waals surface area contributed by atoms with Gasteiger partial charge in [0.05, 0.1) is 22.1 Å². The van der Waals surface area contributed by atoms with E-state index in [1.165, 1.54) is 43.7 Å². The maximum absolute atomic E-state index is 5.01. The van der Waals surface area contributed by atoms with Crippen molar-refractivity contribution in [3.63, 3.8) is 0 Å². The molecule has 5 heteroatoms. The number of benzene rings is 8. The number of fused-ring (bicyclic) bond motifs is 7. The predicted molar refractivity (Wildman–Crippen MR) is 230 cm³/mol. The van der Waals surface area contributed by atoms with Crippen molar-refractivity contribution >= 4 is 43.6 Å². The number of hydrogen-bond acceptors (Lipinski definition) is 3. The Balaban J connectivity index is 1.19. The molecular weight excluding hydrogens is 683 g/mol. The van der Waals surface area contributed by atoms with Crippen molar-refractivity contribution in [1.82, 2.24) is 24.1 Å². The van der Waals surface area contributed by atoms with Crippen LogP contribution in [0.5, 0.6) is 0 Å². The first-order valence-corrected chi connectivity index (χ1v) is 18.9. The molecule has 0 atom stereocenters. The highest BCUT2D eigenvalue weighted by molar-refractivity contribution is 6.29. The van der Waals surface area contributed by atoms with Gasteiger partial charge in [-0.15, -0.1) is 0 Å². The second-order valence-corrected chi connectivity index (χ2v) is 14.0. The van der Waals surface area contributed by atoms with Crippen molar-refractivity contribution in [1.29, 1.82) is 0 Å². The minimum absolute atomic E-state index is 0.631. The average molecular weight is 716 g/mol. The molecule has 0 aliphatic rings. The fraction of sp³-hybridized carbons (Fsp3) is 0. The Bertz CT molecular complexity index is 3150. The van der Waals surface area contributed by atoms with Crippen LogP contribution in [0, 0.1) is 0 Å². The zero-order chi connectivity index (χ0) is 37.0. The van der Waals surface area contributed by atoms with Crippen molar-refractivity contribution in [2.24, 2.45) is 0 Å². The Kier molecular flexibility index (Phi) is 7.42. The van der Waals surface area contributed by atoms with E-state index in [9.17, 15) is 0 Å². The van der Waals surface area contributed by atoms with Gasteiger partial charge in [0, 0.05) is 49.6 Å². The van der Waals surface area contributed by atoms with E-state index in [-0.39, 0.29) is 0 Å². The van der Waals surface area contributed by atoms with E-state index >= 15 is 0 Å². The number of nitrogens with zero attached hydrogens (tertiary/aromatic N) is 5. The molecule has 262 valence electrons. The third-order valence-corrected chi connectivity index (χ3v) is 10.8. The van der Waals surface area contributed by atoms with E-state index in [2.05, 4.69) is 149 Å². The lowest BCUT2D eigenvalue weighted by Gasteiger charge is -2.13. The van der Waals surface area contributed by atoms with Crippen LogP contribution in [0.1, 0.15) is 0 Å². The van der Waals surface area contributed by atoms with Gasteiger partial charge in [-0.05, 0) is 65.7 Å². The van der Waals surface area contributed by atoms with Gasteiger partial charge in [-0.25, -0.2) is 15.0 Å². The minimum atomic E-state index is 0.631. The molecular formula is C51H33N5. The summed E-state index contributed by atoms with van der Waals surface area (Å²) in [6, 6.07) is 70.4. The predicted octanol–water partition coefficient (Wildman–Crippen LogP) is 12.7. The number of para-hydroxylation sites is 3. The van der Waals surface area contributed by atoms with Crippen LogP contribution in [0.15, 0.2) is 200 Å². The lowest BCUT2D eigenvalue weighted by Crippen LogP contribution is -2.00. The molecule has 0 N–H and O–H groups in total. The highest BCUT2D eigenvalue weighted by Gasteiger charge is 2.24. The third-order valence-electron chi connectivity index (χ3n) is 10.8. The van der Waals surface area contributed by atoms with Gasteiger partial charge in [0.1, 0.15) is 0 Å². The molecule has 0 spiro atoms. The smallest absolute Gasteiger partial charge is 0.164 e. The van der Waals surface area contributed by atoms with Gasteiger partial charge in [-0.3, -0.25) is 0 Å². The molecule has 3 aromatic heterocycles. The van der Waals surface area contributed by atoms with Gasteiger partial charge in [-0.1, -0.05) is 146 Å². The Hall–Kier alpha value is -7.63. The Morgan fingerprint density at radius 1 is 0.304 bits per heavy atom. The summed E-state index contributed by atoms with van der Waals surface area (Å²) >= 11 is 0. The van der Waals surface area contributed by atoms with Gasteiger partial charge >= 0.3 is 0 Å². The van der Waals surface area contributed by atoms with Crippen LogP contribution < -0.4 is 0 Å². The lowest BCUT2D eigenvalue weighted by molar-refractivity contribution is 1.07. The van der Waals surface area contributed by atoms with Gasteiger partial charge in [0.15, 0.2) is 17.5 Å². The summed E-state index contributed by atoms with van der Waals surface area (Å²) in [5, 5.41) is 4.87. The van der Waals surface area contributed by atoms with E-state index in [4.69, 9.17) is 15.0 Å². The molecule has 0 saturated carbocycles. The molecule has 0 saturated heterocycles. The maximum atomic E-state index is 5.01.